The van der Waals surface area contributed by atoms with Crippen molar-refractivity contribution in [3.05, 3.63) is 34.9 Å². The smallest absolute Gasteiger partial charge is 0.191 e. The summed E-state index contributed by atoms with van der Waals surface area (Å²) in [6.07, 6.45) is 0.869. The molecular formula is C16H28ClIN4O. The molecule has 7 heteroatoms. The number of methoxy groups -OCH3 is 1. The quantitative estimate of drug-likeness (QED) is 0.341. The van der Waals surface area contributed by atoms with E-state index in [4.69, 9.17) is 16.3 Å². The van der Waals surface area contributed by atoms with E-state index in [9.17, 15) is 0 Å². The molecule has 0 amide bonds. The lowest BCUT2D eigenvalue weighted by atomic mass is 10.1. The van der Waals surface area contributed by atoms with Gasteiger partial charge >= 0.3 is 0 Å². The van der Waals surface area contributed by atoms with Gasteiger partial charge < -0.3 is 20.3 Å². The molecule has 0 aliphatic heterocycles. The molecule has 0 saturated carbocycles. The molecule has 0 radical (unpaired) electrons. The molecular weight excluding hydrogens is 427 g/mol. The summed E-state index contributed by atoms with van der Waals surface area (Å²) in [5, 5.41) is 7.41. The minimum absolute atomic E-state index is 0. The largest absolute Gasteiger partial charge is 0.383 e. The minimum atomic E-state index is 0. The highest BCUT2D eigenvalue weighted by atomic mass is 127. The SMILES string of the molecule is CN=C(NCCc1ccccc1Cl)NCCN(C)CCOC.I. The average molecular weight is 455 g/mol. The van der Waals surface area contributed by atoms with E-state index < -0.39 is 0 Å². The molecule has 0 aromatic heterocycles. The zero-order valence-corrected chi connectivity index (χ0v) is 17.2. The summed E-state index contributed by atoms with van der Waals surface area (Å²) in [5.74, 6) is 0.812. The van der Waals surface area contributed by atoms with Gasteiger partial charge in [0.05, 0.1) is 6.61 Å². The van der Waals surface area contributed by atoms with Gasteiger partial charge in [0.25, 0.3) is 0 Å². The number of likely N-dealkylation sites (N-methyl/N-ethyl adjacent to an activating group) is 1. The predicted octanol–water partition coefficient (Wildman–Crippen LogP) is 2.24. The monoisotopic (exact) mass is 454 g/mol. The minimum Gasteiger partial charge on any atom is -0.383 e. The lowest BCUT2D eigenvalue weighted by Gasteiger charge is -2.17. The van der Waals surface area contributed by atoms with E-state index in [1.54, 1.807) is 14.2 Å². The van der Waals surface area contributed by atoms with Crippen molar-refractivity contribution in [3.8, 4) is 0 Å². The van der Waals surface area contributed by atoms with Crippen LogP contribution in [0.25, 0.3) is 0 Å². The van der Waals surface area contributed by atoms with Crippen molar-refractivity contribution in [1.82, 2.24) is 15.5 Å². The molecule has 1 aromatic carbocycles. The van der Waals surface area contributed by atoms with E-state index in [1.165, 1.54) is 0 Å². The maximum atomic E-state index is 6.14. The molecule has 2 N–H and O–H groups in total. The molecule has 0 unspecified atom stereocenters. The Morgan fingerprint density at radius 3 is 2.57 bits per heavy atom. The predicted molar refractivity (Wildman–Crippen MR) is 109 cm³/mol. The second kappa shape index (κ2) is 13.8. The summed E-state index contributed by atoms with van der Waals surface area (Å²) in [4.78, 5) is 6.43. The second-order valence-electron chi connectivity index (χ2n) is 5.06. The van der Waals surface area contributed by atoms with Gasteiger partial charge in [0.15, 0.2) is 5.96 Å². The van der Waals surface area contributed by atoms with Crippen LogP contribution in [0, 0.1) is 0 Å². The van der Waals surface area contributed by atoms with Crippen molar-refractivity contribution in [2.75, 3.05) is 54.0 Å². The molecule has 23 heavy (non-hydrogen) atoms. The van der Waals surface area contributed by atoms with Gasteiger partial charge in [-0.1, -0.05) is 29.8 Å². The standard InChI is InChI=1S/C16H27ClN4O.HI/c1-18-16(20-10-11-21(2)12-13-22-3)19-9-8-14-6-4-5-7-15(14)17;/h4-7H,8-13H2,1-3H3,(H2,18,19,20);1H. The molecule has 1 rings (SSSR count). The van der Waals surface area contributed by atoms with Crippen LogP contribution < -0.4 is 10.6 Å². The van der Waals surface area contributed by atoms with Crippen LogP contribution in [-0.4, -0.2) is 64.9 Å². The van der Waals surface area contributed by atoms with Crippen molar-refractivity contribution < 1.29 is 4.74 Å². The first-order valence-electron chi connectivity index (χ1n) is 7.52. The molecule has 5 nitrogen and oxygen atoms in total. The summed E-state index contributed by atoms with van der Waals surface area (Å²) >= 11 is 6.14. The fraction of sp³-hybridized carbons (Fsp3) is 0.562. The van der Waals surface area contributed by atoms with Gasteiger partial charge in [-0.15, -0.1) is 24.0 Å². The number of hydrogen-bond donors (Lipinski definition) is 2. The van der Waals surface area contributed by atoms with Crippen LogP contribution in [0.1, 0.15) is 5.56 Å². The zero-order valence-electron chi connectivity index (χ0n) is 14.1. The molecule has 132 valence electrons. The van der Waals surface area contributed by atoms with Gasteiger partial charge in [-0.25, -0.2) is 0 Å². The normalized spacial score (nSPS) is 11.3. The maximum absolute atomic E-state index is 6.14. The molecule has 0 aliphatic rings. The van der Waals surface area contributed by atoms with Crippen LogP contribution in [0.3, 0.4) is 0 Å². The van der Waals surface area contributed by atoms with E-state index >= 15 is 0 Å². The first kappa shape index (κ1) is 22.4. The van der Waals surface area contributed by atoms with Gasteiger partial charge in [0.1, 0.15) is 0 Å². The summed E-state index contributed by atoms with van der Waals surface area (Å²) in [6, 6.07) is 7.91. The Hall–Kier alpha value is -0.570. The number of nitrogens with zero attached hydrogens (tertiary/aromatic N) is 2. The third kappa shape index (κ3) is 10.0. The van der Waals surface area contributed by atoms with Crippen LogP contribution in [0.15, 0.2) is 29.3 Å². The number of aliphatic imine (C=N–C) groups is 1. The molecule has 0 aliphatic carbocycles. The Morgan fingerprint density at radius 1 is 1.22 bits per heavy atom. The first-order chi connectivity index (χ1) is 10.7. The molecule has 0 spiro atoms. The highest BCUT2D eigenvalue weighted by Gasteiger charge is 2.02. The van der Waals surface area contributed by atoms with Crippen molar-refractivity contribution in [3.63, 3.8) is 0 Å². The second-order valence-corrected chi connectivity index (χ2v) is 5.47. The van der Waals surface area contributed by atoms with Gasteiger partial charge in [0.2, 0.25) is 0 Å². The van der Waals surface area contributed by atoms with E-state index in [1.807, 2.05) is 24.3 Å². The number of rotatable bonds is 9. The number of hydrogen-bond acceptors (Lipinski definition) is 3. The number of halogens is 2. The topological polar surface area (TPSA) is 48.9 Å². The highest BCUT2D eigenvalue weighted by Crippen LogP contribution is 2.14. The Morgan fingerprint density at radius 2 is 1.91 bits per heavy atom. The summed E-state index contributed by atoms with van der Waals surface area (Å²) in [5.41, 5.74) is 1.14. The van der Waals surface area contributed by atoms with Crippen LogP contribution in [0.4, 0.5) is 0 Å². The van der Waals surface area contributed by atoms with Crippen LogP contribution in [0.5, 0.6) is 0 Å². The van der Waals surface area contributed by atoms with Gasteiger partial charge in [-0.2, -0.15) is 0 Å². The Kier molecular flexibility index (Phi) is 13.5. The van der Waals surface area contributed by atoms with Crippen LogP contribution >= 0.6 is 35.6 Å². The number of benzene rings is 1. The third-order valence-electron chi connectivity index (χ3n) is 3.33. The van der Waals surface area contributed by atoms with Gasteiger partial charge in [-0.05, 0) is 25.1 Å². The molecule has 0 saturated heterocycles. The fourth-order valence-corrected chi connectivity index (χ4v) is 2.19. The maximum Gasteiger partial charge on any atom is 0.191 e. The molecule has 0 fully saturated rings. The summed E-state index contributed by atoms with van der Waals surface area (Å²) in [7, 11) is 5.57. The van der Waals surface area contributed by atoms with Crippen molar-refractivity contribution in [2.45, 2.75) is 6.42 Å². The van der Waals surface area contributed by atoms with Gasteiger partial charge in [-0.3, -0.25) is 4.99 Å². The zero-order chi connectivity index (χ0) is 16.2. The first-order valence-corrected chi connectivity index (χ1v) is 7.90. The summed E-state index contributed by atoms with van der Waals surface area (Å²) in [6.45, 7) is 4.25. The number of nitrogens with one attached hydrogen (secondary N) is 2. The Bertz CT molecular complexity index is 459. The fourth-order valence-electron chi connectivity index (χ4n) is 1.96. The van der Waals surface area contributed by atoms with Crippen LogP contribution in [0.2, 0.25) is 5.02 Å². The van der Waals surface area contributed by atoms with Crippen molar-refractivity contribution in [1.29, 1.82) is 0 Å². The molecule has 0 heterocycles. The molecule has 1 aromatic rings. The molecule has 0 atom stereocenters. The van der Waals surface area contributed by atoms with E-state index in [-0.39, 0.29) is 24.0 Å². The van der Waals surface area contributed by atoms with Crippen LogP contribution in [-0.2, 0) is 11.2 Å². The van der Waals surface area contributed by atoms with Gasteiger partial charge in [0, 0.05) is 45.4 Å². The number of ether oxygens (including phenoxy) is 1. The average Bonchev–Trinajstić information content (AvgIpc) is 2.53. The molecule has 0 bridgehead atoms. The summed E-state index contributed by atoms with van der Waals surface area (Å²) < 4.78 is 5.06. The van der Waals surface area contributed by atoms with Crippen molar-refractivity contribution >= 4 is 41.5 Å². The lowest BCUT2D eigenvalue weighted by molar-refractivity contribution is 0.162. The third-order valence-corrected chi connectivity index (χ3v) is 3.70. The Labute approximate surface area is 161 Å². The Balaban J connectivity index is 0.00000484. The van der Waals surface area contributed by atoms with E-state index in [0.29, 0.717) is 0 Å². The number of guanidine groups is 1. The van der Waals surface area contributed by atoms with E-state index in [0.717, 1.165) is 55.8 Å². The highest BCUT2D eigenvalue weighted by molar-refractivity contribution is 14.0. The van der Waals surface area contributed by atoms with Crippen molar-refractivity contribution in [2.24, 2.45) is 4.99 Å². The van der Waals surface area contributed by atoms with E-state index in [2.05, 4.69) is 27.6 Å². The lowest BCUT2D eigenvalue weighted by Crippen LogP contribution is -2.42.